The first-order valence-electron chi connectivity index (χ1n) is 9.39. The van der Waals surface area contributed by atoms with E-state index in [0.717, 1.165) is 18.5 Å². The van der Waals surface area contributed by atoms with Gasteiger partial charge in [0, 0.05) is 38.3 Å². The van der Waals surface area contributed by atoms with E-state index < -0.39 is 0 Å². The van der Waals surface area contributed by atoms with Crippen molar-refractivity contribution in [1.29, 1.82) is 0 Å². The maximum Gasteiger partial charge on any atom is 0.317 e. The average molecular weight is 360 g/mol. The topological polar surface area (TPSA) is 74.8 Å². The van der Waals surface area contributed by atoms with Crippen LogP contribution in [0.5, 0.6) is 0 Å². The smallest absolute Gasteiger partial charge is 0.317 e. The molecule has 2 aliphatic heterocycles. The molecule has 1 aromatic heterocycles. The van der Waals surface area contributed by atoms with Crippen molar-refractivity contribution in [2.24, 2.45) is 0 Å². The maximum absolute atomic E-state index is 12.5. The number of carbonyl (C=O) groups is 2. The third-order valence-corrected chi connectivity index (χ3v) is 5.03. The van der Waals surface area contributed by atoms with Crippen molar-refractivity contribution in [3.05, 3.63) is 30.1 Å². The molecular weight excluding hydrogens is 332 g/mol. The molecule has 7 nitrogen and oxygen atoms in total. The van der Waals surface area contributed by atoms with E-state index in [-0.39, 0.29) is 30.1 Å². The molecule has 3 amide bonds. The lowest BCUT2D eigenvalue weighted by Gasteiger charge is -2.32. The van der Waals surface area contributed by atoms with Gasteiger partial charge >= 0.3 is 6.03 Å². The van der Waals surface area contributed by atoms with Gasteiger partial charge in [-0.05, 0) is 38.8 Å². The number of pyridine rings is 1. The molecule has 7 heteroatoms. The number of carbonyl (C=O) groups excluding carboxylic acids is 2. The van der Waals surface area contributed by atoms with Crippen LogP contribution in [-0.4, -0.2) is 64.5 Å². The molecule has 0 unspecified atom stereocenters. The molecule has 0 spiro atoms. The van der Waals surface area contributed by atoms with Crippen molar-refractivity contribution in [1.82, 2.24) is 20.1 Å². The standard InChI is InChI=1S/C19H28N4O3/c1-14(2)23-12-16(11-18(23)24)21-19(25)22-9-6-17(7-10-22)26-13-15-5-3-4-8-20-15/h3-5,8,14,16-17H,6-7,9-13H2,1-2H3,(H,21,25)/t16-/m1/s1. The second-order valence-corrected chi connectivity index (χ2v) is 7.31. The Labute approximate surface area is 154 Å². The molecule has 1 atom stereocenters. The van der Waals surface area contributed by atoms with Crippen LogP contribution in [0, 0.1) is 0 Å². The lowest BCUT2D eigenvalue weighted by atomic mass is 10.1. The minimum Gasteiger partial charge on any atom is -0.372 e. The van der Waals surface area contributed by atoms with E-state index in [1.807, 2.05) is 41.8 Å². The average Bonchev–Trinajstić information content (AvgIpc) is 3.01. The molecule has 2 saturated heterocycles. The first kappa shape index (κ1) is 18.6. The van der Waals surface area contributed by atoms with Crippen LogP contribution in [0.2, 0.25) is 0 Å². The molecule has 26 heavy (non-hydrogen) atoms. The molecule has 2 fully saturated rings. The van der Waals surface area contributed by atoms with Gasteiger partial charge in [0.15, 0.2) is 0 Å². The molecular formula is C19H28N4O3. The SMILES string of the molecule is CC(C)N1C[C@H](NC(=O)N2CCC(OCc3ccccn3)CC2)CC1=O. The molecule has 0 aliphatic carbocycles. The fourth-order valence-electron chi connectivity index (χ4n) is 3.51. The molecule has 3 rings (SSSR count). The number of piperidine rings is 1. The van der Waals surface area contributed by atoms with Gasteiger partial charge in [-0.25, -0.2) is 4.79 Å². The number of likely N-dealkylation sites (tertiary alicyclic amines) is 2. The van der Waals surface area contributed by atoms with E-state index in [4.69, 9.17) is 4.74 Å². The summed E-state index contributed by atoms with van der Waals surface area (Å²) in [5.41, 5.74) is 0.924. The van der Waals surface area contributed by atoms with E-state index >= 15 is 0 Å². The Hall–Kier alpha value is -2.15. The molecule has 1 aromatic rings. The minimum atomic E-state index is -0.0875. The fraction of sp³-hybridized carbons (Fsp3) is 0.632. The summed E-state index contributed by atoms with van der Waals surface area (Å²) >= 11 is 0. The van der Waals surface area contributed by atoms with E-state index in [1.165, 1.54) is 0 Å². The Balaban J connectivity index is 1.39. The fourth-order valence-corrected chi connectivity index (χ4v) is 3.51. The predicted octanol–water partition coefficient (Wildman–Crippen LogP) is 1.78. The highest BCUT2D eigenvalue weighted by atomic mass is 16.5. The van der Waals surface area contributed by atoms with Crippen LogP contribution in [0.15, 0.2) is 24.4 Å². The molecule has 2 aliphatic rings. The lowest BCUT2D eigenvalue weighted by Crippen LogP contribution is -2.49. The second kappa shape index (κ2) is 8.49. The summed E-state index contributed by atoms with van der Waals surface area (Å²) in [5, 5.41) is 3.01. The molecule has 0 radical (unpaired) electrons. The number of urea groups is 1. The monoisotopic (exact) mass is 360 g/mol. The van der Waals surface area contributed by atoms with Crippen LogP contribution in [0.4, 0.5) is 4.79 Å². The van der Waals surface area contributed by atoms with Crippen LogP contribution in [0.25, 0.3) is 0 Å². The number of nitrogens with one attached hydrogen (secondary N) is 1. The van der Waals surface area contributed by atoms with E-state index in [9.17, 15) is 9.59 Å². The highest BCUT2D eigenvalue weighted by molar-refractivity contribution is 5.82. The summed E-state index contributed by atoms with van der Waals surface area (Å²) in [7, 11) is 0. The zero-order chi connectivity index (χ0) is 18.5. The van der Waals surface area contributed by atoms with Gasteiger partial charge in [-0.15, -0.1) is 0 Å². The number of amides is 3. The lowest BCUT2D eigenvalue weighted by molar-refractivity contribution is -0.129. The number of ether oxygens (including phenoxy) is 1. The summed E-state index contributed by atoms with van der Waals surface area (Å²) in [6.07, 6.45) is 3.96. The van der Waals surface area contributed by atoms with Crippen LogP contribution in [0.1, 0.15) is 38.8 Å². The van der Waals surface area contributed by atoms with E-state index in [0.29, 0.717) is 32.7 Å². The quantitative estimate of drug-likeness (QED) is 0.869. The summed E-state index contributed by atoms with van der Waals surface area (Å²) < 4.78 is 5.91. The third kappa shape index (κ3) is 4.72. The molecule has 142 valence electrons. The van der Waals surface area contributed by atoms with Gasteiger partial charge in [0.1, 0.15) is 0 Å². The van der Waals surface area contributed by atoms with Crippen molar-refractivity contribution < 1.29 is 14.3 Å². The Morgan fingerprint density at radius 2 is 2.12 bits per heavy atom. The van der Waals surface area contributed by atoms with Gasteiger partial charge in [0.2, 0.25) is 5.91 Å². The zero-order valence-electron chi connectivity index (χ0n) is 15.6. The first-order chi connectivity index (χ1) is 12.5. The van der Waals surface area contributed by atoms with E-state index in [1.54, 1.807) is 6.20 Å². The summed E-state index contributed by atoms with van der Waals surface area (Å²) in [5.74, 6) is 0.118. The Bertz CT molecular complexity index is 614. The Kier molecular flexibility index (Phi) is 6.08. The zero-order valence-corrected chi connectivity index (χ0v) is 15.6. The van der Waals surface area contributed by atoms with Crippen molar-refractivity contribution in [3.63, 3.8) is 0 Å². The predicted molar refractivity (Wildman–Crippen MR) is 97.4 cm³/mol. The van der Waals surface area contributed by atoms with Gasteiger partial charge in [-0.2, -0.15) is 0 Å². The number of hydrogen-bond donors (Lipinski definition) is 1. The largest absolute Gasteiger partial charge is 0.372 e. The normalized spacial score (nSPS) is 21.5. The summed E-state index contributed by atoms with van der Waals surface area (Å²) in [6.45, 7) is 6.45. The van der Waals surface area contributed by atoms with E-state index in [2.05, 4.69) is 10.3 Å². The number of hydrogen-bond acceptors (Lipinski definition) is 4. The first-order valence-corrected chi connectivity index (χ1v) is 9.39. The third-order valence-electron chi connectivity index (χ3n) is 5.03. The molecule has 0 bridgehead atoms. The maximum atomic E-state index is 12.5. The Morgan fingerprint density at radius 3 is 2.73 bits per heavy atom. The van der Waals surface area contributed by atoms with Gasteiger partial charge < -0.3 is 19.9 Å². The van der Waals surface area contributed by atoms with Crippen molar-refractivity contribution >= 4 is 11.9 Å². The highest BCUT2D eigenvalue weighted by Crippen LogP contribution is 2.17. The molecule has 1 N–H and O–H groups in total. The van der Waals surface area contributed by atoms with Gasteiger partial charge in [-0.3, -0.25) is 9.78 Å². The summed E-state index contributed by atoms with van der Waals surface area (Å²) in [4.78, 5) is 32.3. The molecule has 0 saturated carbocycles. The number of rotatable bonds is 5. The summed E-state index contributed by atoms with van der Waals surface area (Å²) in [6, 6.07) is 5.81. The number of aromatic nitrogens is 1. The highest BCUT2D eigenvalue weighted by Gasteiger charge is 2.33. The molecule has 3 heterocycles. The van der Waals surface area contributed by atoms with Crippen LogP contribution >= 0.6 is 0 Å². The number of nitrogens with zero attached hydrogens (tertiary/aromatic N) is 3. The van der Waals surface area contributed by atoms with Crippen LogP contribution in [0.3, 0.4) is 0 Å². The second-order valence-electron chi connectivity index (χ2n) is 7.31. The van der Waals surface area contributed by atoms with Gasteiger partial charge in [0.05, 0.1) is 24.4 Å². The minimum absolute atomic E-state index is 0.0726. The van der Waals surface area contributed by atoms with Crippen molar-refractivity contribution in [2.45, 2.75) is 57.9 Å². The van der Waals surface area contributed by atoms with Crippen LogP contribution < -0.4 is 5.32 Å². The van der Waals surface area contributed by atoms with Crippen LogP contribution in [-0.2, 0) is 16.1 Å². The van der Waals surface area contributed by atoms with Crippen molar-refractivity contribution in [3.8, 4) is 0 Å². The Morgan fingerprint density at radius 1 is 1.35 bits per heavy atom. The van der Waals surface area contributed by atoms with Crippen molar-refractivity contribution in [2.75, 3.05) is 19.6 Å². The van der Waals surface area contributed by atoms with Gasteiger partial charge in [-0.1, -0.05) is 6.07 Å². The molecule has 0 aromatic carbocycles. The van der Waals surface area contributed by atoms with Gasteiger partial charge in [0.25, 0.3) is 0 Å².